The van der Waals surface area contributed by atoms with E-state index in [4.69, 9.17) is 21.1 Å². The van der Waals surface area contributed by atoms with Crippen LogP contribution in [-0.4, -0.2) is 38.0 Å². The van der Waals surface area contributed by atoms with Gasteiger partial charge in [-0.05, 0) is 12.1 Å². The zero-order chi connectivity index (χ0) is 13.5. The highest BCUT2D eigenvalue weighted by Crippen LogP contribution is 2.25. The van der Waals surface area contributed by atoms with E-state index in [9.17, 15) is 4.79 Å². The van der Waals surface area contributed by atoms with Gasteiger partial charge in [0, 0.05) is 37.5 Å². The first-order valence-corrected chi connectivity index (χ1v) is 6.16. The number of ether oxygens (including phenoxy) is 2. The molecule has 0 spiro atoms. The van der Waals surface area contributed by atoms with Crippen LogP contribution in [-0.2, 0) is 11.3 Å². The van der Waals surface area contributed by atoms with Gasteiger partial charge in [0.05, 0.1) is 14.2 Å². The van der Waals surface area contributed by atoms with Crippen LogP contribution in [0.15, 0.2) is 18.2 Å². The van der Waals surface area contributed by atoms with Crippen LogP contribution in [0.4, 0.5) is 0 Å². The third-order valence-electron chi connectivity index (χ3n) is 2.64. The first-order chi connectivity index (χ1) is 8.62. The molecule has 100 valence electrons. The van der Waals surface area contributed by atoms with Crippen LogP contribution in [0.3, 0.4) is 0 Å². The molecule has 5 heteroatoms. The Morgan fingerprint density at radius 2 is 2.06 bits per heavy atom. The van der Waals surface area contributed by atoms with Crippen molar-refractivity contribution in [3.8, 4) is 11.5 Å². The highest BCUT2D eigenvalue weighted by Gasteiger charge is 2.12. The molecular weight excluding hydrogens is 254 g/mol. The molecule has 0 atom stereocenters. The van der Waals surface area contributed by atoms with Crippen LogP contribution in [0.2, 0.25) is 0 Å². The Morgan fingerprint density at radius 1 is 1.33 bits per heavy atom. The lowest BCUT2D eigenvalue weighted by molar-refractivity contribution is -0.130. The Labute approximate surface area is 112 Å². The number of rotatable bonds is 6. The summed E-state index contributed by atoms with van der Waals surface area (Å²) in [7, 11) is 4.95. The number of methoxy groups -OCH3 is 2. The smallest absolute Gasteiger partial charge is 0.223 e. The van der Waals surface area contributed by atoms with Crippen molar-refractivity contribution in [2.45, 2.75) is 13.0 Å². The summed E-state index contributed by atoms with van der Waals surface area (Å²) in [5.74, 6) is 1.79. The molecule has 0 aliphatic carbocycles. The minimum atomic E-state index is 0.0165. The van der Waals surface area contributed by atoms with Gasteiger partial charge >= 0.3 is 0 Å². The standard InChI is InChI=1S/C13H18ClNO3/c1-15(13(16)6-7-14)9-10-4-5-11(17-2)8-12(10)18-3/h4-5,8H,6-7,9H2,1-3H3. The molecule has 4 nitrogen and oxygen atoms in total. The van der Waals surface area contributed by atoms with Gasteiger partial charge < -0.3 is 14.4 Å². The van der Waals surface area contributed by atoms with Crippen LogP contribution in [0, 0.1) is 0 Å². The fourth-order valence-corrected chi connectivity index (χ4v) is 1.76. The Bertz CT molecular complexity index is 409. The highest BCUT2D eigenvalue weighted by molar-refractivity contribution is 6.18. The lowest BCUT2D eigenvalue weighted by atomic mass is 10.1. The van der Waals surface area contributed by atoms with E-state index in [0.29, 0.717) is 24.6 Å². The van der Waals surface area contributed by atoms with Crippen molar-refractivity contribution in [2.24, 2.45) is 0 Å². The number of halogens is 1. The average Bonchev–Trinajstić information content (AvgIpc) is 2.39. The summed E-state index contributed by atoms with van der Waals surface area (Å²) in [5, 5.41) is 0. The van der Waals surface area contributed by atoms with Crippen molar-refractivity contribution in [1.82, 2.24) is 4.90 Å². The Kier molecular flexibility index (Phi) is 5.78. The minimum absolute atomic E-state index is 0.0165. The van der Waals surface area contributed by atoms with E-state index in [1.807, 2.05) is 12.1 Å². The number of alkyl halides is 1. The van der Waals surface area contributed by atoms with E-state index in [0.717, 1.165) is 11.3 Å². The molecule has 0 bridgehead atoms. The van der Waals surface area contributed by atoms with E-state index in [1.165, 1.54) is 0 Å². The second-order valence-corrected chi connectivity index (χ2v) is 4.24. The van der Waals surface area contributed by atoms with Gasteiger partial charge in [-0.1, -0.05) is 0 Å². The molecule has 0 fully saturated rings. The van der Waals surface area contributed by atoms with Crippen LogP contribution < -0.4 is 9.47 Å². The van der Waals surface area contributed by atoms with Crippen LogP contribution in [0.5, 0.6) is 11.5 Å². The van der Waals surface area contributed by atoms with Gasteiger partial charge in [0.1, 0.15) is 11.5 Å². The monoisotopic (exact) mass is 271 g/mol. The molecule has 0 saturated heterocycles. The molecule has 0 aliphatic rings. The first kappa shape index (κ1) is 14.6. The molecule has 0 saturated carbocycles. The number of benzene rings is 1. The van der Waals surface area contributed by atoms with Gasteiger partial charge in [0.15, 0.2) is 0 Å². The van der Waals surface area contributed by atoms with Gasteiger partial charge in [0.2, 0.25) is 5.91 Å². The Balaban J connectivity index is 2.80. The molecule has 1 rings (SSSR count). The van der Waals surface area contributed by atoms with Gasteiger partial charge in [-0.2, -0.15) is 0 Å². The summed E-state index contributed by atoms with van der Waals surface area (Å²) >= 11 is 5.55. The zero-order valence-electron chi connectivity index (χ0n) is 10.9. The van der Waals surface area contributed by atoms with Gasteiger partial charge in [-0.25, -0.2) is 0 Å². The average molecular weight is 272 g/mol. The first-order valence-electron chi connectivity index (χ1n) is 5.63. The third-order valence-corrected chi connectivity index (χ3v) is 2.82. The van der Waals surface area contributed by atoms with E-state index < -0.39 is 0 Å². The summed E-state index contributed by atoms with van der Waals surface area (Å²) in [5.41, 5.74) is 0.934. The van der Waals surface area contributed by atoms with Crippen molar-refractivity contribution < 1.29 is 14.3 Å². The molecule has 0 aliphatic heterocycles. The van der Waals surface area contributed by atoms with Crippen LogP contribution >= 0.6 is 11.6 Å². The second kappa shape index (κ2) is 7.11. The largest absolute Gasteiger partial charge is 0.497 e. The molecule has 0 heterocycles. The number of carbonyl (C=O) groups is 1. The number of carbonyl (C=O) groups excluding carboxylic acids is 1. The molecule has 18 heavy (non-hydrogen) atoms. The molecule has 1 aromatic carbocycles. The molecular formula is C13H18ClNO3. The quantitative estimate of drug-likeness (QED) is 0.745. The predicted molar refractivity (Wildman–Crippen MR) is 71.4 cm³/mol. The van der Waals surface area contributed by atoms with Gasteiger partial charge in [-0.15, -0.1) is 11.6 Å². The van der Waals surface area contributed by atoms with Crippen molar-refractivity contribution >= 4 is 17.5 Å². The molecule has 0 radical (unpaired) electrons. The molecule has 0 unspecified atom stereocenters. The lowest BCUT2D eigenvalue weighted by Crippen LogP contribution is -2.26. The van der Waals surface area contributed by atoms with E-state index in [1.54, 1.807) is 32.2 Å². The van der Waals surface area contributed by atoms with Crippen LogP contribution in [0.25, 0.3) is 0 Å². The van der Waals surface area contributed by atoms with Gasteiger partial charge in [-0.3, -0.25) is 4.79 Å². The SMILES string of the molecule is COc1ccc(CN(C)C(=O)CCCl)c(OC)c1. The predicted octanol–water partition coefficient (Wildman–Crippen LogP) is 2.29. The van der Waals surface area contributed by atoms with E-state index in [2.05, 4.69) is 0 Å². The van der Waals surface area contributed by atoms with E-state index in [-0.39, 0.29) is 5.91 Å². The number of hydrogen-bond acceptors (Lipinski definition) is 3. The summed E-state index contributed by atoms with van der Waals surface area (Å²) in [6.07, 6.45) is 0.344. The minimum Gasteiger partial charge on any atom is -0.497 e. The zero-order valence-corrected chi connectivity index (χ0v) is 11.7. The van der Waals surface area contributed by atoms with Crippen LogP contribution in [0.1, 0.15) is 12.0 Å². The second-order valence-electron chi connectivity index (χ2n) is 3.87. The van der Waals surface area contributed by atoms with Crippen molar-refractivity contribution in [1.29, 1.82) is 0 Å². The normalized spacial score (nSPS) is 10.0. The van der Waals surface area contributed by atoms with Crippen molar-refractivity contribution in [2.75, 3.05) is 27.1 Å². The maximum absolute atomic E-state index is 11.6. The summed E-state index contributed by atoms with van der Waals surface area (Å²) < 4.78 is 10.4. The maximum Gasteiger partial charge on any atom is 0.223 e. The maximum atomic E-state index is 11.6. The fourth-order valence-electron chi connectivity index (χ4n) is 1.60. The molecule has 1 amide bonds. The van der Waals surface area contributed by atoms with Gasteiger partial charge in [0.25, 0.3) is 0 Å². The summed E-state index contributed by atoms with van der Waals surface area (Å²) in [6, 6.07) is 5.54. The summed E-state index contributed by atoms with van der Waals surface area (Å²) in [6.45, 7) is 0.489. The van der Waals surface area contributed by atoms with Crippen molar-refractivity contribution in [3.63, 3.8) is 0 Å². The highest BCUT2D eigenvalue weighted by atomic mass is 35.5. The topological polar surface area (TPSA) is 38.8 Å². The van der Waals surface area contributed by atoms with Crippen molar-refractivity contribution in [3.05, 3.63) is 23.8 Å². The lowest BCUT2D eigenvalue weighted by Gasteiger charge is -2.18. The number of nitrogens with zero attached hydrogens (tertiary/aromatic N) is 1. The molecule has 0 aromatic heterocycles. The fraction of sp³-hybridized carbons (Fsp3) is 0.462. The Morgan fingerprint density at radius 3 is 2.61 bits per heavy atom. The molecule has 0 N–H and O–H groups in total. The number of hydrogen-bond donors (Lipinski definition) is 0. The molecule has 1 aromatic rings. The third kappa shape index (κ3) is 3.81. The Hall–Kier alpha value is -1.42. The summed E-state index contributed by atoms with van der Waals surface area (Å²) in [4.78, 5) is 13.3. The number of amides is 1. The van der Waals surface area contributed by atoms with E-state index >= 15 is 0 Å².